The van der Waals surface area contributed by atoms with Crippen molar-refractivity contribution in [2.45, 2.75) is 10.3 Å². The van der Waals surface area contributed by atoms with Gasteiger partial charge in [0, 0.05) is 16.0 Å². The van der Waals surface area contributed by atoms with Gasteiger partial charge in [-0.1, -0.05) is 29.4 Å². The minimum absolute atomic E-state index is 0.0555. The third-order valence-corrected chi connectivity index (χ3v) is 4.49. The summed E-state index contributed by atoms with van der Waals surface area (Å²) >= 11 is 6.11. The molecule has 0 aliphatic heterocycles. The number of nitrogens with zero attached hydrogens (tertiary/aromatic N) is 2. The second kappa shape index (κ2) is 7.51. The van der Waals surface area contributed by atoms with Crippen LogP contribution in [0.5, 0.6) is 0 Å². The van der Waals surface area contributed by atoms with Crippen LogP contribution in [0.4, 0.5) is 13.2 Å². The summed E-state index contributed by atoms with van der Waals surface area (Å²) in [6, 6.07) is 12.0. The van der Waals surface area contributed by atoms with Gasteiger partial charge in [0.2, 0.25) is 5.82 Å². The second-order valence-corrected chi connectivity index (χ2v) is 6.69. The fourth-order valence-electron chi connectivity index (χ4n) is 2.02. The van der Waals surface area contributed by atoms with Crippen LogP contribution in [0.1, 0.15) is 16.2 Å². The Balaban J connectivity index is 1.66. The summed E-state index contributed by atoms with van der Waals surface area (Å²) in [4.78, 5) is 16.5. The summed E-state index contributed by atoms with van der Waals surface area (Å²) in [6.45, 7) is 0. The van der Waals surface area contributed by atoms with Gasteiger partial charge in [-0.3, -0.25) is 4.79 Å². The molecule has 0 saturated heterocycles. The number of benzene rings is 2. The highest BCUT2D eigenvalue weighted by Gasteiger charge is 2.35. The molecule has 0 N–H and O–H groups in total. The van der Waals surface area contributed by atoms with Crippen molar-refractivity contribution in [3.63, 3.8) is 0 Å². The monoisotopic (exact) mass is 398 g/mol. The van der Waals surface area contributed by atoms with Crippen molar-refractivity contribution in [3.05, 3.63) is 65.8 Å². The minimum Gasteiger partial charge on any atom is -0.331 e. The van der Waals surface area contributed by atoms with Gasteiger partial charge in [-0.25, -0.2) is 4.39 Å². The van der Waals surface area contributed by atoms with Crippen LogP contribution in [-0.4, -0.2) is 21.7 Å². The molecule has 134 valence electrons. The Bertz CT molecular complexity index is 909. The van der Waals surface area contributed by atoms with Crippen LogP contribution >= 0.6 is 23.4 Å². The molecular weight excluding hydrogens is 389 g/mol. The Hall–Kier alpha value is -2.32. The molecule has 3 rings (SSSR count). The van der Waals surface area contributed by atoms with Gasteiger partial charge in [0.25, 0.3) is 0 Å². The van der Waals surface area contributed by atoms with E-state index >= 15 is 0 Å². The molecule has 0 radical (unpaired) electrons. The van der Waals surface area contributed by atoms with E-state index in [2.05, 4.69) is 14.7 Å². The topological polar surface area (TPSA) is 56.0 Å². The number of Topliss-reactive ketones (excluding diaryl/α,β-unsaturated/α-hetero) is 1. The third kappa shape index (κ3) is 4.44. The summed E-state index contributed by atoms with van der Waals surface area (Å²) in [7, 11) is 0. The smallest absolute Gasteiger partial charge is 0.331 e. The van der Waals surface area contributed by atoms with Crippen LogP contribution in [0.15, 0.2) is 57.9 Å². The number of carbonyl (C=O) groups excluding carboxylic acids is 1. The molecule has 0 aliphatic rings. The van der Waals surface area contributed by atoms with Crippen LogP contribution < -0.4 is 0 Å². The van der Waals surface area contributed by atoms with E-state index in [0.29, 0.717) is 11.1 Å². The summed E-state index contributed by atoms with van der Waals surface area (Å²) < 4.78 is 43.1. The summed E-state index contributed by atoms with van der Waals surface area (Å²) in [5, 5.41) is -0.297. The van der Waals surface area contributed by atoms with Gasteiger partial charge < -0.3 is 4.52 Å². The van der Waals surface area contributed by atoms with Gasteiger partial charge in [0.15, 0.2) is 5.78 Å². The molecule has 0 unspecified atom stereocenters. The zero-order valence-electron chi connectivity index (χ0n) is 13.0. The van der Waals surface area contributed by atoms with Crippen molar-refractivity contribution in [3.8, 4) is 11.4 Å². The highest BCUT2D eigenvalue weighted by Crippen LogP contribution is 2.32. The number of hydrogen-bond donors (Lipinski definition) is 0. The minimum atomic E-state index is -3.74. The van der Waals surface area contributed by atoms with E-state index in [9.17, 15) is 18.0 Å². The van der Waals surface area contributed by atoms with Gasteiger partial charge >= 0.3 is 11.3 Å². The molecule has 9 heteroatoms. The molecule has 26 heavy (non-hydrogen) atoms. The average molecular weight is 399 g/mol. The van der Waals surface area contributed by atoms with Crippen LogP contribution in [0.2, 0.25) is 0 Å². The van der Waals surface area contributed by atoms with E-state index in [4.69, 9.17) is 11.6 Å². The highest BCUT2D eigenvalue weighted by atomic mass is 35.5. The van der Waals surface area contributed by atoms with Crippen molar-refractivity contribution in [1.82, 2.24) is 10.1 Å². The van der Waals surface area contributed by atoms with Crippen molar-refractivity contribution in [2.75, 3.05) is 5.75 Å². The fraction of sp³-hybridized carbons (Fsp3) is 0.118. The summed E-state index contributed by atoms with van der Waals surface area (Å²) in [6.07, 6.45) is 0. The maximum absolute atomic E-state index is 12.9. The second-order valence-electron chi connectivity index (χ2n) is 5.16. The summed E-state index contributed by atoms with van der Waals surface area (Å²) in [5.74, 6) is -1.35. The standard InChI is InChI=1S/C17H10ClF3N2O2S/c18-17(20,21)16-22-15(23-25-16)11-3-1-10(2-4-11)14(24)9-26-13-7-5-12(19)6-8-13/h1-8H,9H2. The van der Waals surface area contributed by atoms with Gasteiger partial charge in [-0.05, 0) is 35.9 Å². The first kappa shape index (κ1) is 18.5. The lowest BCUT2D eigenvalue weighted by molar-refractivity contribution is 0.0551. The lowest BCUT2D eigenvalue weighted by Crippen LogP contribution is -2.03. The molecule has 0 aliphatic carbocycles. The number of aromatic nitrogens is 2. The lowest BCUT2D eigenvalue weighted by Gasteiger charge is -2.03. The van der Waals surface area contributed by atoms with E-state index in [1.54, 1.807) is 12.1 Å². The molecule has 0 fully saturated rings. The molecule has 1 heterocycles. The number of hydrogen-bond acceptors (Lipinski definition) is 5. The maximum atomic E-state index is 12.9. The number of rotatable bonds is 6. The number of halogens is 4. The van der Waals surface area contributed by atoms with Gasteiger partial charge in [0.1, 0.15) is 5.82 Å². The molecule has 0 bridgehead atoms. The third-order valence-electron chi connectivity index (χ3n) is 3.32. The molecule has 0 spiro atoms. The number of carbonyl (C=O) groups is 1. The Morgan fingerprint density at radius 2 is 1.77 bits per heavy atom. The Labute approximate surface area is 155 Å². The molecule has 0 atom stereocenters. The van der Waals surface area contributed by atoms with Crippen LogP contribution in [0.25, 0.3) is 11.4 Å². The van der Waals surface area contributed by atoms with E-state index in [-0.39, 0.29) is 23.2 Å². The van der Waals surface area contributed by atoms with Crippen LogP contribution in [0, 0.1) is 5.82 Å². The van der Waals surface area contributed by atoms with E-state index < -0.39 is 11.3 Å². The predicted octanol–water partition coefficient (Wildman–Crippen LogP) is 5.14. The zero-order chi connectivity index (χ0) is 18.7. The number of thioether (sulfide) groups is 1. The number of alkyl halides is 3. The predicted molar refractivity (Wildman–Crippen MR) is 90.9 cm³/mol. The maximum Gasteiger partial charge on any atom is 0.400 e. The first-order valence-corrected chi connectivity index (χ1v) is 8.62. The fourth-order valence-corrected chi connectivity index (χ4v) is 2.89. The van der Waals surface area contributed by atoms with E-state index in [1.807, 2.05) is 0 Å². The first-order chi connectivity index (χ1) is 12.3. The van der Waals surface area contributed by atoms with Crippen LogP contribution in [0.3, 0.4) is 0 Å². The van der Waals surface area contributed by atoms with Crippen molar-refractivity contribution < 1.29 is 22.5 Å². The zero-order valence-corrected chi connectivity index (χ0v) is 14.5. The SMILES string of the molecule is O=C(CSc1ccc(F)cc1)c1ccc(-c2noc(C(F)(F)Cl)n2)cc1. The summed E-state index contributed by atoms with van der Waals surface area (Å²) in [5.41, 5.74) is 0.846. The average Bonchev–Trinajstić information content (AvgIpc) is 3.12. The Morgan fingerprint density at radius 3 is 2.35 bits per heavy atom. The normalized spacial score (nSPS) is 11.5. The quantitative estimate of drug-likeness (QED) is 0.327. The Morgan fingerprint density at radius 1 is 1.12 bits per heavy atom. The molecule has 0 saturated carbocycles. The van der Waals surface area contributed by atoms with Crippen molar-refractivity contribution >= 4 is 29.1 Å². The first-order valence-electron chi connectivity index (χ1n) is 7.26. The highest BCUT2D eigenvalue weighted by molar-refractivity contribution is 8.00. The van der Waals surface area contributed by atoms with Gasteiger partial charge in [0.05, 0.1) is 5.75 Å². The van der Waals surface area contributed by atoms with Crippen molar-refractivity contribution in [2.24, 2.45) is 0 Å². The van der Waals surface area contributed by atoms with E-state index in [1.165, 1.54) is 48.2 Å². The largest absolute Gasteiger partial charge is 0.400 e. The number of ketones is 1. The molecule has 2 aromatic carbocycles. The lowest BCUT2D eigenvalue weighted by atomic mass is 10.1. The van der Waals surface area contributed by atoms with Crippen molar-refractivity contribution in [1.29, 1.82) is 0 Å². The van der Waals surface area contributed by atoms with E-state index in [0.717, 1.165) is 4.90 Å². The van der Waals surface area contributed by atoms with Crippen LogP contribution in [-0.2, 0) is 5.38 Å². The molecular formula is C17H10ClF3N2O2S. The van der Waals surface area contributed by atoms with Gasteiger partial charge in [-0.2, -0.15) is 13.8 Å². The molecule has 3 aromatic rings. The molecule has 1 aromatic heterocycles. The Kier molecular flexibility index (Phi) is 5.33. The van der Waals surface area contributed by atoms with Gasteiger partial charge in [-0.15, -0.1) is 11.8 Å². The molecule has 0 amide bonds. The molecule has 4 nitrogen and oxygen atoms in total.